The van der Waals surface area contributed by atoms with Crippen LogP contribution in [0.3, 0.4) is 0 Å². The van der Waals surface area contributed by atoms with E-state index < -0.39 is 0 Å². The first-order valence-corrected chi connectivity index (χ1v) is 21.8. The Morgan fingerprint density at radius 2 is 1.21 bits per heavy atom. The largest absolute Gasteiger partial charge is 0.315 e. The molecule has 302 valence electrons. The fraction of sp³-hybridized carbons (Fsp3) is 0.442. The molecule has 2 aliphatic heterocycles. The van der Waals surface area contributed by atoms with Crippen molar-refractivity contribution in [3.8, 4) is 22.3 Å². The molecule has 0 amide bonds. The van der Waals surface area contributed by atoms with Crippen molar-refractivity contribution < 1.29 is 0 Å². The first kappa shape index (κ1) is 39.9. The number of halogens is 1. The van der Waals surface area contributed by atoms with Gasteiger partial charge < -0.3 is 15.1 Å². The normalized spacial score (nSPS) is 14.9. The van der Waals surface area contributed by atoms with E-state index in [1.165, 1.54) is 51.9 Å². The van der Waals surface area contributed by atoms with E-state index in [0.717, 1.165) is 111 Å². The number of rotatable bonds is 13. The van der Waals surface area contributed by atoms with Crippen LogP contribution in [-0.4, -0.2) is 98.8 Å². The number of pyridine rings is 4. The standard InChI is InChI=1S/C24H30N8S.C19H22ClN5/c1-16(2)23-28-29-24(33-23)27-22-8-7-20-21(26-22)13-18(14-25-20)19-15-32(30-17(19)3)12-6-11-31-9-4-5-10-31;1-14-16(13-25(23-14)10-4-9-24-7-2-3-8-24)15-11-18-17(21-12-15)5-6-19(20)22-18/h7-8,13-16H,4-6,9-12H2,1-3H3,(H,26,27,29);5-6,11-13H,2-4,7-10H2,1H3. The van der Waals surface area contributed by atoms with Gasteiger partial charge in [0.1, 0.15) is 16.0 Å². The minimum Gasteiger partial charge on any atom is -0.315 e. The average Bonchev–Trinajstić information content (AvgIpc) is 4.08. The number of likely N-dealkylation sites (tertiary alicyclic amines) is 2. The maximum Gasteiger partial charge on any atom is 0.211 e. The van der Waals surface area contributed by atoms with Gasteiger partial charge in [-0.2, -0.15) is 10.2 Å². The number of anilines is 2. The Bertz CT molecular complexity index is 2460. The summed E-state index contributed by atoms with van der Waals surface area (Å²) in [6, 6.07) is 11.7. The fourth-order valence-electron chi connectivity index (χ4n) is 7.74. The number of nitrogens with zero attached hydrogens (tertiary/aromatic N) is 12. The van der Waals surface area contributed by atoms with Crippen LogP contribution in [-0.2, 0) is 13.1 Å². The van der Waals surface area contributed by atoms with Gasteiger partial charge in [-0.05, 0) is 128 Å². The zero-order valence-electron chi connectivity index (χ0n) is 33.9. The van der Waals surface area contributed by atoms with Gasteiger partial charge in [0.05, 0.1) is 33.5 Å². The van der Waals surface area contributed by atoms with Crippen LogP contribution < -0.4 is 5.32 Å². The van der Waals surface area contributed by atoms with Gasteiger partial charge >= 0.3 is 0 Å². The molecule has 0 unspecified atom stereocenters. The van der Waals surface area contributed by atoms with E-state index in [1.54, 1.807) is 17.4 Å². The highest BCUT2D eigenvalue weighted by molar-refractivity contribution is 7.15. The number of nitrogens with one attached hydrogen (secondary N) is 1. The van der Waals surface area contributed by atoms with Crippen molar-refractivity contribution in [2.24, 2.45) is 0 Å². The third kappa shape index (κ3) is 9.86. The molecule has 0 radical (unpaired) electrons. The zero-order valence-corrected chi connectivity index (χ0v) is 35.5. The third-order valence-corrected chi connectivity index (χ3v) is 12.2. The van der Waals surface area contributed by atoms with Crippen LogP contribution in [0.25, 0.3) is 44.3 Å². The van der Waals surface area contributed by atoms with Crippen molar-refractivity contribution in [3.63, 3.8) is 0 Å². The molecule has 13 nitrogen and oxygen atoms in total. The lowest BCUT2D eigenvalue weighted by molar-refractivity contribution is 0.322. The van der Waals surface area contributed by atoms with Gasteiger partial charge in [0.15, 0.2) is 0 Å². The predicted molar refractivity (Wildman–Crippen MR) is 234 cm³/mol. The maximum atomic E-state index is 6.00. The molecule has 2 saturated heterocycles. The fourth-order valence-corrected chi connectivity index (χ4v) is 8.64. The van der Waals surface area contributed by atoms with Crippen LogP contribution in [0.2, 0.25) is 5.15 Å². The van der Waals surface area contributed by atoms with Gasteiger partial charge in [0, 0.05) is 66.0 Å². The minimum absolute atomic E-state index is 0.360. The van der Waals surface area contributed by atoms with Crippen molar-refractivity contribution in [2.75, 3.05) is 44.6 Å². The van der Waals surface area contributed by atoms with E-state index in [2.05, 4.69) is 94.0 Å². The van der Waals surface area contributed by atoms with E-state index in [4.69, 9.17) is 21.7 Å². The van der Waals surface area contributed by atoms with Crippen LogP contribution in [0.1, 0.15) is 74.7 Å². The summed E-state index contributed by atoms with van der Waals surface area (Å²) < 4.78 is 4.12. The Hall–Kier alpha value is -4.89. The molecule has 0 spiro atoms. The third-order valence-electron chi connectivity index (χ3n) is 10.8. The molecule has 1 N–H and O–H groups in total. The van der Waals surface area contributed by atoms with Crippen LogP contribution in [0.4, 0.5) is 10.9 Å². The second kappa shape index (κ2) is 18.4. The van der Waals surface area contributed by atoms with Gasteiger partial charge in [0.2, 0.25) is 5.13 Å². The molecule has 15 heteroatoms. The van der Waals surface area contributed by atoms with Gasteiger partial charge in [0.25, 0.3) is 0 Å². The second-order valence-electron chi connectivity index (χ2n) is 15.7. The summed E-state index contributed by atoms with van der Waals surface area (Å²) in [6.45, 7) is 17.5. The Morgan fingerprint density at radius 3 is 1.74 bits per heavy atom. The molecule has 58 heavy (non-hydrogen) atoms. The molecular weight excluding hydrogens is 766 g/mol. The highest BCUT2D eigenvalue weighted by Crippen LogP contribution is 2.29. The Balaban J connectivity index is 0.000000168. The SMILES string of the molecule is Cc1nn(CCCN2CCCC2)cc1-c1cnc2ccc(Cl)nc2c1.Cc1nn(CCCN2CCCC2)cc1-c1cnc2ccc(Nc3nnc(C(C)C)s3)nc2c1. The summed E-state index contributed by atoms with van der Waals surface area (Å²) in [5.41, 5.74) is 9.68. The highest BCUT2D eigenvalue weighted by Gasteiger charge is 2.15. The number of aryl methyl sites for hydroxylation is 4. The first-order chi connectivity index (χ1) is 28.2. The van der Waals surface area contributed by atoms with Crippen molar-refractivity contribution in [1.29, 1.82) is 0 Å². The highest BCUT2D eigenvalue weighted by atomic mass is 35.5. The van der Waals surface area contributed by atoms with Crippen molar-refractivity contribution in [1.82, 2.24) is 59.5 Å². The van der Waals surface area contributed by atoms with E-state index in [-0.39, 0.29) is 0 Å². The van der Waals surface area contributed by atoms with E-state index >= 15 is 0 Å². The van der Waals surface area contributed by atoms with Gasteiger partial charge in [-0.25, -0.2) is 9.97 Å². The van der Waals surface area contributed by atoms with Crippen molar-refractivity contribution in [2.45, 2.75) is 85.2 Å². The van der Waals surface area contributed by atoms with Gasteiger partial charge in [-0.3, -0.25) is 19.3 Å². The van der Waals surface area contributed by atoms with Crippen LogP contribution in [0.5, 0.6) is 0 Å². The molecule has 0 aliphatic carbocycles. The number of fused-ring (bicyclic) bond motifs is 2. The molecule has 0 bridgehead atoms. The molecule has 7 aromatic rings. The van der Waals surface area contributed by atoms with Gasteiger partial charge in [-0.1, -0.05) is 36.8 Å². The van der Waals surface area contributed by atoms with Crippen LogP contribution >= 0.6 is 22.9 Å². The Labute approximate surface area is 348 Å². The summed E-state index contributed by atoms with van der Waals surface area (Å²) in [5, 5.41) is 23.4. The number of hydrogen-bond acceptors (Lipinski definition) is 12. The summed E-state index contributed by atoms with van der Waals surface area (Å²) in [4.78, 5) is 23.4. The van der Waals surface area contributed by atoms with Gasteiger partial charge in [-0.15, -0.1) is 10.2 Å². The quantitative estimate of drug-likeness (QED) is 0.112. The molecule has 0 saturated carbocycles. The minimum atomic E-state index is 0.360. The molecule has 9 rings (SSSR count). The van der Waals surface area contributed by atoms with Crippen LogP contribution in [0.15, 0.2) is 61.2 Å². The van der Waals surface area contributed by atoms with E-state index in [1.807, 2.05) is 43.6 Å². The summed E-state index contributed by atoms with van der Waals surface area (Å²) >= 11 is 7.56. The van der Waals surface area contributed by atoms with Crippen molar-refractivity contribution >= 4 is 56.0 Å². The second-order valence-corrected chi connectivity index (χ2v) is 17.1. The lowest BCUT2D eigenvalue weighted by atomic mass is 10.1. The molecule has 7 aromatic heterocycles. The smallest absolute Gasteiger partial charge is 0.211 e. The summed E-state index contributed by atoms with van der Waals surface area (Å²) in [5.74, 6) is 1.10. The molecule has 9 heterocycles. The first-order valence-electron chi connectivity index (χ1n) is 20.6. The van der Waals surface area contributed by atoms with Crippen LogP contribution in [0, 0.1) is 13.8 Å². The lowest BCUT2D eigenvalue weighted by Crippen LogP contribution is -2.21. The predicted octanol–water partition coefficient (Wildman–Crippen LogP) is 8.95. The average molecular weight is 818 g/mol. The van der Waals surface area contributed by atoms with E-state index in [0.29, 0.717) is 11.1 Å². The summed E-state index contributed by atoms with van der Waals surface area (Å²) in [6.07, 6.45) is 15.7. The number of hydrogen-bond donors (Lipinski definition) is 1. The Kier molecular flexibility index (Phi) is 12.6. The molecular formula is C43H52ClN13S. The molecule has 0 atom stereocenters. The topological polar surface area (TPSA) is 131 Å². The Morgan fingerprint density at radius 1 is 0.672 bits per heavy atom. The summed E-state index contributed by atoms with van der Waals surface area (Å²) in [7, 11) is 0. The maximum absolute atomic E-state index is 6.00. The molecule has 2 aliphatic rings. The lowest BCUT2D eigenvalue weighted by Gasteiger charge is -2.13. The molecule has 0 aromatic carbocycles. The number of aromatic nitrogens is 10. The molecule has 2 fully saturated rings. The monoisotopic (exact) mass is 817 g/mol. The zero-order chi connectivity index (χ0) is 40.0. The van der Waals surface area contributed by atoms with E-state index in [9.17, 15) is 0 Å². The van der Waals surface area contributed by atoms with Crippen molar-refractivity contribution in [3.05, 3.63) is 82.7 Å².